The van der Waals surface area contributed by atoms with E-state index in [9.17, 15) is 0 Å². The molecule has 0 aliphatic heterocycles. The molecule has 0 unspecified atom stereocenters. The monoisotopic (exact) mass is 1410 g/mol. The summed E-state index contributed by atoms with van der Waals surface area (Å²) >= 11 is 1.86. The molecule has 0 N–H and O–H groups in total. The van der Waals surface area contributed by atoms with E-state index in [-0.39, 0.29) is 0 Å². The Morgan fingerprint density at radius 2 is 0.532 bits per heavy atom. The van der Waals surface area contributed by atoms with Crippen LogP contribution in [0.5, 0.6) is 0 Å². The molecule has 17 aromatic carbocycles. The van der Waals surface area contributed by atoms with E-state index >= 15 is 0 Å². The highest BCUT2D eigenvalue weighted by Crippen LogP contribution is 2.59. The summed E-state index contributed by atoms with van der Waals surface area (Å²) in [6, 6.07) is 150. The van der Waals surface area contributed by atoms with E-state index in [1.165, 1.54) is 98.1 Å². The highest BCUT2D eigenvalue weighted by atomic mass is 32.1. The maximum absolute atomic E-state index is 6.58. The van der Waals surface area contributed by atoms with Crippen molar-refractivity contribution in [2.75, 3.05) is 9.80 Å². The van der Waals surface area contributed by atoms with Crippen molar-refractivity contribution < 1.29 is 8.83 Å². The molecule has 3 aromatic heterocycles. The molecule has 20 aromatic rings. The van der Waals surface area contributed by atoms with Crippen LogP contribution in [-0.2, 0) is 10.8 Å². The molecular formula is C104H68N2O2S. The summed E-state index contributed by atoms with van der Waals surface area (Å²) in [5.74, 6) is 0. The average molecular weight is 1410 g/mol. The maximum atomic E-state index is 6.58. The van der Waals surface area contributed by atoms with Gasteiger partial charge in [-0.25, -0.2) is 0 Å². The third-order valence-electron chi connectivity index (χ3n) is 22.7. The summed E-state index contributed by atoms with van der Waals surface area (Å²) in [5, 5.41) is 7.01. The lowest BCUT2D eigenvalue weighted by molar-refractivity contribution is 0.668. The van der Waals surface area contributed by atoms with Crippen molar-refractivity contribution in [2.24, 2.45) is 0 Å². The zero-order chi connectivity index (χ0) is 72.0. The highest BCUT2D eigenvalue weighted by molar-refractivity contribution is 7.25. The second kappa shape index (κ2) is 26.0. The Hall–Kier alpha value is -13.8. The first kappa shape index (κ1) is 63.6. The number of benzene rings is 17. The lowest BCUT2D eigenvalue weighted by Crippen LogP contribution is -2.28. The summed E-state index contributed by atoms with van der Waals surface area (Å²) in [7, 11) is 0. The molecule has 4 nitrogen and oxygen atoms in total. The number of nitrogens with zero attached hydrogens (tertiary/aromatic N) is 2. The number of anilines is 6. The van der Waals surface area contributed by atoms with Crippen molar-refractivity contribution in [1.82, 2.24) is 0 Å². The Kier molecular flexibility index (Phi) is 15.2. The van der Waals surface area contributed by atoms with Crippen LogP contribution in [0.4, 0.5) is 34.1 Å². The third-order valence-corrected chi connectivity index (χ3v) is 23.9. The molecule has 0 spiro atoms. The molecule has 3 heterocycles. The third kappa shape index (κ3) is 10.3. The molecule has 0 radical (unpaired) electrons. The smallest absolute Gasteiger partial charge is 0.137 e. The van der Waals surface area contributed by atoms with Gasteiger partial charge in [-0.15, -0.1) is 11.3 Å². The molecule has 109 heavy (non-hydrogen) atoms. The van der Waals surface area contributed by atoms with Gasteiger partial charge in [-0.2, -0.15) is 0 Å². The molecule has 2 aliphatic carbocycles. The molecule has 0 fully saturated rings. The summed E-state index contributed by atoms with van der Waals surface area (Å²) in [5.41, 5.74) is 29.4. The van der Waals surface area contributed by atoms with Crippen LogP contribution >= 0.6 is 11.3 Å². The number of para-hydroxylation sites is 3. The fraction of sp³-hybridized carbons (Fsp3) is 0.0192. The lowest BCUT2D eigenvalue weighted by Gasteiger charge is -2.34. The number of rotatable bonds is 12. The van der Waals surface area contributed by atoms with Crippen molar-refractivity contribution in [3.05, 3.63) is 457 Å². The first-order chi connectivity index (χ1) is 54.0. The first-order valence-corrected chi connectivity index (χ1v) is 38.2. The van der Waals surface area contributed by atoms with Crippen molar-refractivity contribution in [3.63, 3.8) is 0 Å². The largest absolute Gasteiger partial charge is 0.456 e. The molecule has 22 rings (SSSR count). The van der Waals surface area contributed by atoms with E-state index in [1.54, 1.807) is 0 Å². The predicted molar refractivity (Wildman–Crippen MR) is 455 cm³/mol. The molecule has 0 amide bonds. The SMILES string of the molecule is c1ccc(-c2ccc(N(c3ccc4c(c3)oc3ccccc34)c3ccc4sc5ccc(C6(c7ccccc7)c7ccccc7-c7ccccc76)cc5c4c3)cc2)cc1.c1ccc(N(c2ccccc2)c2ccc(-c3ccc4c(c3)oc3ccc(C5(c6ccccc6)c6ccccc6-c6ccccc65)cc34)cc2)cc1. The van der Waals surface area contributed by atoms with Gasteiger partial charge in [-0.3, -0.25) is 0 Å². The van der Waals surface area contributed by atoms with Gasteiger partial charge in [0.15, 0.2) is 0 Å². The molecule has 512 valence electrons. The summed E-state index contributed by atoms with van der Waals surface area (Å²) in [6.45, 7) is 0. The Balaban J connectivity index is 0.000000140. The van der Waals surface area contributed by atoms with E-state index < -0.39 is 10.8 Å². The quantitative estimate of drug-likeness (QED) is 0.122. The summed E-state index contributed by atoms with van der Waals surface area (Å²) < 4.78 is 15.6. The molecular weight excluding hydrogens is 1340 g/mol. The molecule has 0 saturated carbocycles. The highest BCUT2D eigenvalue weighted by Gasteiger charge is 2.48. The van der Waals surface area contributed by atoms with Gasteiger partial charge in [0, 0.05) is 81.9 Å². The number of thiophene rings is 1. The Bertz CT molecular complexity index is 6710. The number of fused-ring (bicyclic) bond motifs is 15. The molecule has 2 aliphatic rings. The number of hydrogen-bond acceptors (Lipinski definition) is 5. The number of hydrogen-bond donors (Lipinski definition) is 0. The van der Waals surface area contributed by atoms with Crippen LogP contribution in [-0.4, -0.2) is 0 Å². The van der Waals surface area contributed by atoms with Gasteiger partial charge < -0.3 is 18.6 Å². The van der Waals surface area contributed by atoms with Crippen LogP contribution < -0.4 is 9.80 Å². The first-order valence-electron chi connectivity index (χ1n) is 37.3. The second-order valence-corrected chi connectivity index (χ2v) is 29.6. The van der Waals surface area contributed by atoms with E-state index in [0.29, 0.717) is 0 Å². The minimum Gasteiger partial charge on any atom is -0.456 e. The normalized spacial score (nSPS) is 12.9. The Morgan fingerprint density at radius 3 is 1.08 bits per heavy atom. The Morgan fingerprint density at radius 1 is 0.193 bits per heavy atom. The van der Waals surface area contributed by atoms with Crippen LogP contribution in [0, 0.1) is 0 Å². The van der Waals surface area contributed by atoms with Gasteiger partial charge in [0.25, 0.3) is 0 Å². The fourth-order valence-corrected chi connectivity index (χ4v) is 19.0. The fourth-order valence-electron chi connectivity index (χ4n) is 17.9. The second-order valence-electron chi connectivity index (χ2n) is 28.5. The molecule has 5 heteroatoms. The van der Waals surface area contributed by atoms with Gasteiger partial charge in [-0.05, 0) is 210 Å². The van der Waals surface area contributed by atoms with E-state index in [4.69, 9.17) is 8.83 Å². The van der Waals surface area contributed by atoms with Crippen LogP contribution in [0.25, 0.3) is 109 Å². The maximum Gasteiger partial charge on any atom is 0.137 e. The van der Waals surface area contributed by atoms with E-state index in [0.717, 1.165) is 89.1 Å². The summed E-state index contributed by atoms with van der Waals surface area (Å²) in [6.07, 6.45) is 0. The van der Waals surface area contributed by atoms with Crippen molar-refractivity contribution in [3.8, 4) is 44.5 Å². The van der Waals surface area contributed by atoms with Crippen molar-refractivity contribution >= 4 is 110 Å². The zero-order valence-electron chi connectivity index (χ0n) is 59.4. The standard InChI is InChI=1S/C55H35NOS.C49H33NO/c1-3-13-36(14-4-1)37-23-26-40(27-24-37)56(42-28-30-46-45-19-9-12-22-51(45)57-52(46)35-42)41-29-32-54-48(34-41)47-33-39(25-31-53(47)58-54)55(38-15-5-2-6-16-38)49-20-10-7-17-43(49)44-18-8-11-21-50(44)55;1-4-14-36(15-5-1)49(45-22-12-10-20-41(45)42-21-11-13-23-46(42)49)37-27-31-47-44(33-37)43-30-26-35(32-48(43)51-47)34-24-28-40(29-25-34)50(38-16-6-2-7-17-38)39-18-8-3-9-19-39/h1-35H;1-33H. The van der Waals surface area contributed by atoms with Crippen LogP contribution in [0.15, 0.2) is 421 Å². The van der Waals surface area contributed by atoms with Gasteiger partial charge in [0.05, 0.1) is 10.8 Å². The number of furan rings is 2. The van der Waals surface area contributed by atoms with Crippen LogP contribution in [0.1, 0.15) is 44.5 Å². The predicted octanol–water partition coefficient (Wildman–Crippen LogP) is 28.5. The van der Waals surface area contributed by atoms with E-state index in [2.05, 4.69) is 410 Å². The lowest BCUT2D eigenvalue weighted by atomic mass is 9.67. The van der Waals surface area contributed by atoms with Gasteiger partial charge in [0.1, 0.15) is 22.3 Å². The van der Waals surface area contributed by atoms with Crippen molar-refractivity contribution in [2.45, 2.75) is 10.8 Å². The average Bonchev–Trinajstić information content (AvgIpc) is 1.55. The summed E-state index contributed by atoms with van der Waals surface area (Å²) in [4.78, 5) is 4.65. The topological polar surface area (TPSA) is 32.8 Å². The van der Waals surface area contributed by atoms with Gasteiger partial charge >= 0.3 is 0 Å². The molecule has 0 bridgehead atoms. The van der Waals surface area contributed by atoms with Crippen molar-refractivity contribution in [1.29, 1.82) is 0 Å². The Labute approximate surface area is 636 Å². The minimum absolute atomic E-state index is 0.443. The molecule has 0 saturated heterocycles. The minimum atomic E-state index is -0.455. The molecule has 0 atom stereocenters. The van der Waals surface area contributed by atoms with Gasteiger partial charge in [-0.1, -0.05) is 285 Å². The van der Waals surface area contributed by atoms with E-state index in [1.807, 2.05) is 23.5 Å². The van der Waals surface area contributed by atoms with Gasteiger partial charge in [0.2, 0.25) is 0 Å². The van der Waals surface area contributed by atoms with Crippen LogP contribution in [0.3, 0.4) is 0 Å². The zero-order valence-corrected chi connectivity index (χ0v) is 60.2. The van der Waals surface area contributed by atoms with Crippen LogP contribution in [0.2, 0.25) is 0 Å².